The Balaban J connectivity index is 2.85. The minimum atomic E-state index is 0.294. The maximum atomic E-state index is 2.72. The quantitative estimate of drug-likeness (QED) is 0.731. The summed E-state index contributed by atoms with van der Waals surface area (Å²) in [7, 11) is 0. The molecule has 0 radical (unpaired) electrons. The van der Waals surface area contributed by atoms with Crippen molar-refractivity contribution in [3.63, 3.8) is 0 Å². The second-order valence-electron chi connectivity index (χ2n) is 7.12. The van der Waals surface area contributed by atoms with E-state index in [1.54, 1.807) is 0 Å². The van der Waals surface area contributed by atoms with Crippen LogP contribution in [0.3, 0.4) is 0 Å². The first-order chi connectivity index (χ1) is 7.73. The molecule has 0 aromatic heterocycles. The maximum Gasteiger partial charge on any atom is 0.0251 e. The van der Waals surface area contributed by atoms with Gasteiger partial charge in [0, 0.05) is 30.7 Å². The summed E-state index contributed by atoms with van der Waals surface area (Å²) < 4.78 is 0. The Morgan fingerprint density at radius 3 is 2.00 bits per heavy atom. The van der Waals surface area contributed by atoms with E-state index >= 15 is 0 Å². The van der Waals surface area contributed by atoms with Crippen molar-refractivity contribution in [2.24, 2.45) is 5.92 Å². The summed E-state index contributed by atoms with van der Waals surface area (Å²) in [5.74, 6) is 0.730. The van der Waals surface area contributed by atoms with Gasteiger partial charge in [0.25, 0.3) is 0 Å². The average molecular weight is 240 g/mol. The van der Waals surface area contributed by atoms with Crippen LogP contribution in [0.15, 0.2) is 0 Å². The van der Waals surface area contributed by atoms with Crippen LogP contribution in [0.25, 0.3) is 0 Å². The largest absolute Gasteiger partial charge is 0.299 e. The summed E-state index contributed by atoms with van der Waals surface area (Å²) in [5, 5.41) is 0. The van der Waals surface area contributed by atoms with Gasteiger partial charge in [0.1, 0.15) is 0 Å². The average Bonchev–Trinajstić information content (AvgIpc) is 2.37. The zero-order chi connectivity index (χ0) is 13.2. The van der Waals surface area contributed by atoms with Crippen LogP contribution >= 0.6 is 0 Å². The molecule has 0 aromatic rings. The van der Waals surface area contributed by atoms with Crippen molar-refractivity contribution in [3.8, 4) is 0 Å². The van der Waals surface area contributed by atoms with E-state index < -0.39 is 0 Å². The highest BCUT2D eigenvalue weighted by Crippen LogP contribution is 2.25. The molecule has 2 nitrogen and oxygen atoms in total. The van der Waals surface area contributed by atoms with Crippen molar-refractivity contribution in [2.75, 3.05) is 19.6 Å². The minimum Gasteiger partial charge on any atom is -0.299 e. The van der Waals surface area contributed by atoms with Gasteiger partial charge < -0.3 is 0 Å². The van der Waals surface area contributed by atoms with Gasteiger partial charge in [-0.3, -0.25) is 9.80 Å². The SMILES string of the molecule is CC(C)[C@@H]1CN(C(C)C)CCCN1C(C)(C)C. The Morgan fingerprint density at radius 1 is 1.00 bits per heavy atom. The van der Waals surface area contributed by atoms with Gasteiger partial charge in [-0.05, 0) is 53.5 Å². The van der Waals surface area contributed by atoms with Crippen molar-refractivity contribution in [3.05, 3.63) is 0 Å². The smallest absolute Gasteiger partial charge is 0.0251 e. The molecule has 0 saturated carbocycles. The lowest BCUT2D eigenvalue weighted by Crippen LogP contribution is -2.53. The first-order valence-electron chi connectivity index (χ1n) is 7.24. The molecule has 17 heavy (non-hydrogen) atoms. The van der Waals surface area contributed by atoms with E-state index in [1.807, 2.05) is 0 Å². The summed E-state index contributed by atoms with van der Waals surface area (Å²) in [6.45, 7) is 20.2. The van der Waals surface area contributed by atoms with Crippen LogP contribution in [0.2, 0.25) is 0 Å². The predicted molar refractivity (Wildman–Crippen MR) is 76.4 cm³/mol. The summed E-state index contributed by atoms with van der Waals surface area (Å²) in [5.41, 5.74) is 0.294. The molecule has 0 aliphatic carbocycles. The van der Waals surface area contributed by atoms with Crippen molar-refractivity contribution in [1.82, 2.24) is 9.80 Å². The van der Waals surface area contributed by atoms with Crippen LogP contribution in [-0.2, 0) is 0 Å². The van der Waals surface area contributed by atoms with Gasteiger partial charge in [0.2, 0.25) is 0 Å². The van der Waals surface area contributed by atoms with E-state index in [9.17, 15) is 0 Å². The van der Waals surface area contributed by atoms with Gasteiger partial charge in [0.05, 0.1) is 0 Å². The Bertz CT molecular complexity index is 228. The molecule has 2 heteroatoms. The fraction of sp³-hybridized carbons (Fsp3) is 1.00. The zero-order valence-electron chi connectivity index (χ0n) is 13.0. The molecule has 1 rings (SSSR count). The molecule has 1 saturated heterocycles. The molecule has 0 unspecified atom stereocenters. The van der Waals surface area contributed by atoms with Gasteiger partial charge >= 0.3 is 0 Å². The van der Waals surface area contributed by atoms with E-state index in [2.05, 4.69) is 58.3 Å². The molecular weight excluding hydrogens is 208 g/mol. The normalized spacial score (nSPS) is 25.6. The highest BCUT2D eigenvalue weighted by atomic mass is 15.3. The number of hydrogen-bond donors (Lipinski definition) is 0. The van der Waals surface area contributed by atoms with E-state index in [0.29, 0.717) is 17.6 Å². The van der Waals surface area contributed by atoms with Crippen LogP contribution in [-0.4, -0.2) is 47.1 Å². The molecule has 1 atom stereocenters. The Labute approximate surface area is 108 Å². The van der Waals surface area contributed by atoms with Crippen LogP contribution in [0.5, 0.6) is 0 Å². The molecule has 1 heterocycles. The summed E-state index contributed by atoms with van der Waals surface area (Å²) in [6.07, 6.45) is 1.30. The highest BCUT2D eigenvalue weighted by molar-refractivity contribution is 4.89. The van der Waals surface area contributed by atoms with E-state index in [4.69, 9.17) is 0 Å². The monoisotopic (exact) mass is 240 g/mol. The Hall–Kier alpha value is -0.0800. The van der Waals surface area contributed by atoms with Gasteiger partial charge in [-0.1, -0.05) is 13.8 Å². The molecule has 0 bridgehead atoms. The lowest BCUT2D eigenvalue weighted by molar-refractivity contribution is 0.0510. The second-order valence-corrected chi connectivity index (χ2v) is 7.12. The minimum absolute atomic E-state index is 0.294. The van der Waals surface area contributed by atoms with Crippen molar-refractivity contribution >= 4 is 0 Å². The van der Waals surface area contributed by atoms with Crippen molar-refractivity contribution < 1.29 is 0 Å². The van der Waals surface area contributed by atoms with E-state index in [-0.39, 0.29) is 0 Å². The van der Waals surface area contributed by atoms with Crippen LogP contribution in [0.1, 0.15) is 54.9 Å². The summed E-state index contributed by atoms with van der Waals surface area (Å²) >= 11 is 0. The maximum absolute atomic E-state index is 2.72. The summed E-state index contributed by atoms with van der Waals surface area (Å²) in [6, 6.07) is 1.37. The molecule has 102 valence electrons. The first-order valence-corrected chi connectivity index (χ1v) is 7.24. The lowest BCUT2D eigenvalue weighted by Gasteiger charge is -2.43. The predicted octanol–water partition coefficient (Wildman–Crippen LogP) is 3.23. The van der Waals surface area contributed by atoms with Crippen LogP contribution in [0, 0.1) is 5.92 Å². The standard InChI is InChI=1S/C15H32N2/c1-12(2)14-11-16(13(3)4)9-8-10-17(14)15(5,6)7/h12-14H,8-11H2,1-7H3/t14-/m0/s1. The molecule has 0 amide bonds. The lowest BCUT2D eigenvalue weighted by atomic mass is 9.95. The van der Waals surface area contributed by atoms with Crippen molar-refractivity contribution in [1.29, 1.82) is 0 Å². The molecule has 1 aliphatic heterocycles. The number of nitrogens with zero attached hydrogens (tertiary/aromatic N) is 2. The first kappa shape index (κ1) is 15.0. The highest BCUT2D eigenvalue weighted by Gasteiger charge is 2.34. The molecule has 0 N–H and O–H groups in total. The Kier molecular flexibility index (Phi) is 5.03. The van der Waals surface area contributed by atoms with Gasteiger partial charge in [-0.2, -0.15) is 0 Å². The fourth-order valence-corrected chi connectivity index (χ4v) is 2.91. The van der Waals surface area contributed by atoms with Gasteiger partial charge in [-0.15, -0.1) is 0 Å². The zero-order valence-corrected chi connectivity index (χ0v) is 13.0. The third-order valence-corrected chi connectivity index (χ3v) is 4.03. The fourth-order valence-electron chi connectivity index (χ4n) is 2.91. The number of hydrogen-bond acceptors (Lipinski definition) is 2. The van der Waals surface area contributed by atoms with E-state index in [0.717, 1.165) is 5.92 Å². The van der Waals surface area contributed by atoms with Gasteiger partial charge in [0.15, 0.2) is 0 Å². The number of rotatable bonds is 2. The molecule has 1 aliphatic rings. The molecule has 0 spiro atoms. The van der Waals surface area contributed by atoms with Crippen molar-refractivity contribution in [2.45, 2.75) is 72.5 Å². The molecule has 1 fully saturated rings. The molecular formula is C15H32N2. The van der Waals surface area contributed by atoms with Crippen LogP contribution in [0.4, 0.5) is 0 Å². The second kappa shape index (κ2) is 5.71. The van der Waals surface area contributed by atoms with Crippen LogP contribution < -0.4 is 0 Å². The summed E-state index contributed by atoms with van der Waals surface area (Å²) in [4.78, 5) is 5.37. The topological polar surface area (TPSA) is 6.48 Å². The van der Waals surface area contributed by atoms with Gasteiger partial charge in [-0.25, -0.2) is 0 Å². The third-order valence-electron chi connectivity index (χ3n) is 4.03. The Morgan fingerprint density at radius 2 is 1.59 bits per heavy atom. The van der Waals surface area contributed by atoms with E-state index in [1.165, 1.54) is 26.1 Å². The molecule has 0 aromatic carbocycles. The third kappa shape index (κ3) is 3.96.